The van der Waals surface area contributed by atoms with Gasteiger partial charge in [0.15, 0.2) is 17.3 Å². The number of halogens is 2. The number of nitrogens with two attached hydrogens (primary N) is 1. The molecule has 0 amide bonds. The van der Waals surface area contributed by atoms with Crippen LogP contribution in [-0.4, -0.2) is 7.11 Å². The maximum atomic E-state index is 13.3. The Balaban J connectivity index is 2.34. The van der Waals surface area contributed by atoms with E-state index < -0.39 is 11.6 Å². The zero-order valence-electron chi connectivity index (χ0n) is 9.61. The van der Waals surface area contributed by atoms with Crippen LogP contribution < -0.4 is 15.2 Å². The van der Waals surface area contributed by atoms with Crippen LogP contribution in [0.5, 0.6) is 17.2 Å². The van der Waals surface area contributed by atoms with Gasteiger partial charge in [-0.2, -0.15) is 0 Å². The number of rotatable bonds is 3. The molecular weight excluding hydrogens is 240 g/mol. The van der Waals surface area contributed by atoms with Gasteiger partial charge in [0.25, 0.3) is 0 Å². The van der Waals surface area contributed by atoms with Crippen LogP contribution in [0.4, 0.5) is 14.5 Å². The summed E-state index contributed by atoms with van der Waals surface area (Å²) in [5.41, 5.74) is 5.73. The first-order valence-corrected chi connectivity index (χ1v) is 5.16. The largest absolute Gasteiger partial charge is 0.494 e. The van der Waals surface area contributed by atoms with Crippen molar-refractivity contribution in [2.75, 3.05) is 12.8 Å². The Hall–Kier alpha value is -2.30. The number of anilines is 1. The van der Waals surface area contributed by atoms with Crippen LogP contribution in [0.1, 0.15) is 0 Å². The summed E-state index contributed by atoms with van der Waals surface area (Å²) in [6.07, 6.45) is 0. The van der Waals surface area contributed by atoms with Crippen LogP contribution in [-0.2, 0) is 0 Å². The Labute approximate surface area is 103 Å². The molecule has 0 saturated heterocycles. The lowest BCUT2D eigenvalue weighted by Gasteiger charge is -2.10. The van der Waals surface area contributed by atoms with Gasteiger partial charge in [0.1, 0.15) is 11.6 Å². The van der Waals surface area contributed by atoms with E-state index in [1.54, 1.807) is 6.07 Å². The lowest BCUT2D eigenvalue weighted by atomic mass is 10.2. The molecule has 3 nitrogen and oxygen atoms in total. The molecule has 2 N–H and O–H groups in total. The van der Waals surface area contributed by atoms with Gasteiger partial charge in [0.05, 0.1) is 12.8 Å². The molecule has 2 aromatic carbocycles. The van der Waals surface area contributed by atoms with Crippen molar-refractivity contribution < 1.29 is 18.3 Å². The first kappa shape index (κ1) is 12.2. The van der Waals surface area contributed by atoms with Crippen LogP contribution in [0, 0.1) is 11.6 Å². The molecule has 0 radical (unpaired) electrons. The molecule has 18 heavy (non-hydrogen) atoms. The maximum Gasteiger partial charge on any atom is 0.167 e. The fraction of sp³-hybridized carbons (Fsp3) is 0.0769. The molecule has 0 aromatic heterocycles. The van der Waals surface area contributed by atoms with Crippen LogP contribution in [0.3, 0.4) is 0 Å². The quantitative estimate of drug-likeness (QED) is 0.851. The highest BCUT2D eigenvalue weighted by Gasteiger charge is 2.10. The first-order chi connectivity index (χ1) is 8.60. The van der Waals surface area contributed by atoms with Gasteiger partial charge in [-0.1, -0.05) is 6.07 Å². The monoisotopic (exact) mass is 251 g/mol. The van der Waals surface area contributed by atoms with Crippen molar-refractivity contribution in [1.29, 1.82) is 0 Å². The molecule has 94 valence electrons. The Kier molecular flexibility index (Phi) is 3.32. The molecule has 0 heterocycles. The molecule has 0 aliphatic carbocycles. The lowest BCUT2D eigenvalue weighted by molar-refractivity contribution is 0.382. The summed E-state index contributed by atoms with van der Waals surface area (Å²) in [5, 5.41) is 0. The summed E-state index contributed by atoms with van der Waals surface area (Å²) in [6.45, 7) is 0. The third kappa shape index (κ3) is 2.51. The average molecular weight is 251 g/mol. The molecule has 0 aliphatic rings. The van der Waals surface area contributed by atoms with Crippen molar-refractivity contribution in [2.45, 2.75) is 0 Å². The summed E-state index contributed by atoms with van der Waals surface area (Å²) in [5.74, 6) is -0.522. The molecule has 0 fully saturated rings. The van der Waals surface area contributed by atoms with Gasteiger partial charge < -0.3 is 15.2 Å². The Morgan fingerprint density at radius 1 is 1.06 bits per heavy atom. The summed E-state index contributed by atoms with van der Waals surface area (Å²) in [7, 11) is 1.33. The number of hydrogen-bond acceptors (Lipinski definition) is 3. The van der Waals surface area contributed by atoms with E-state index in [4.69, 9.17) is 15.2 Å². The van der Waals surface area contributed by atoms with Crippen LogP contribution >= 0.6 is 0 Å². The summed E-state index contributed by atoms with van der Waals surface area (Å²) >= 11 is 0. The summed E-state index contributed by atoms with van der Waals surface area (Å²) in [4.78, 5) is 0. The standard InChI is InChI=1S/C13H11F2NO2/c1-17-12-7-13(11(16)6-10(12)15)18-9-4-2-3-8(14)5-9/h2-7H,16H2,1H3. The zero-order valence-corrected chi connectivity index (χ0v) is 9.61. The van der Waals surface area contributed by atoms with Gasteiger partial charge in [-0.05, 0) is 12.1 Å². The molecule has 0 unspecified atom stereocenters. The van der Waals surface area contributed by atoms with E-state index in [9.17, 15) is 8.78 Å². The highest BCUT2D eigenvalue weighted by molar-refractivity contribution is 5.57. The summed E-state index contributed by atoms with van der Waals surface area (Å²) < 4.78 is 36.5. The van der Waals surface area contributed by atoms with E-state index in [1.165, 1.54) is 31.4 Å². The second-order valence-corrected chi connectivity index (χ2v) is 3.58. The number of nitrogen functional groups attached to an aromatic ring is 1. The Morgan fingerprint density at radius 2 is 1.83 bits per heavy atom. The Bertz CT molecular complexity index is 573. The van der Waals surface area contributed by atoms with Crippen LogP contribution in [0.25, 0.3) is 0 Å². The Morgan fingerprint density at radius 3 is 2.50 bits per heavy atom. The van der Waals surface area contributed by atoms with Crippen molar-refractivity contribution in [3.05, 3.63) is 48.0 Å². The van der Waals surface area contributed by atoms with E-state index >= 15 is 0 Å². The molecule has 0 atom stereocenters. The lowest BCUT2D eigenvalue weighted by Crippen LogP contribution is -1.96. The van der Waals surface area contributed by atoms with Gasteiger partial charge in [0.2, 0.25) is 0 Å². The molecule has 0 saturated carbocycles. The molecule has 5 heteroatoms. The molecule has 2 aromatic rings. The second-order valence-electron chi connectivity index (χ2n) is 3.58. The van der Waals surface area contributed by atoms with E-state index in [2.05, 4.69) is 0 Å². The minimum absolute atomic E-state index is 0.00982. The first-order valence-electron chi connectivity index (χ1n) is 5.16. The topological polar surface area (TPSA) is 44.5 Å². The molecule has 0 spiro atoms. The number of hydrogen-bond donors (Lipinski definition) is 1. The minimum atomic E-state index is -0.582. The van der Waals surface area contributed by atoms with E-state index in [1.807, 2.05) is 0 Å². The van der Waals surface area contributed by atoms with Gasteiger partial charge in [-0.15, -0.1) is 0 Å². The van der Waals surface area contributed by atoms with E-state index in [0.29, 0.717) is 0 Å². The third-order valence-electron chi connectivity index (χ3n) is 2.31. The van der Waals surface area contributed by atoms with Crippen molar-refractivity contribution in [3.63, 3.8) is 0 Å². The average Bonchev–Trinajstić information content (AvgIpc) is 2.33. The smallest absolute Gasteiger partial charge is 0.167 e. The second kappa shape index (κ2) is 4.91. The summed E-state index contributed by atoms with van der Waals surface area (Å²) in [6, 6.07) is 7.97. The number of ether oxygens (including phenoxy) is 2. The predicted molar refractivity (Wildman–Crippen MR) is 63.8 cm³/mol. The van der Waals surface area contributed by atoms with Crippen molar-refractivity contribution in [2.24, 2.45) is 0 Å². The fourth-order valence-electron chi connectivity index (χ4n) is 1.45. The van der Waals surface area contributed by atoms with Gasteiger partial charge in [0, 0.05) is 18.2 Å². The van der Waals surface area contributed by atoms with Crippen LogP contribution in [0.15, 0.2) is 36.4 Å². The SMILES string of the molecule is COc1cc(Oc2cccc(F)c2)c(N)cc1F. The van der Waals surface area contributed by atoms with Crippen molar-refractivity contribution >= 4 is 5.69 Å². The number of methoxy groups -OCH3 is 1. The zero-order chi connectivity index (χ0) is 13.1. The van der Waals surface area contributed by atoms with Crippen LogP contribution in [0.2, 0.25) is 0 Å². The normalized spacial score (nSPS) is 10.2. The molecule has 0 aliphatic heterocycles. The third-order valence-corrected chi connectivity index (χ3v) is 2.31. The van der Waals surface area contributed by atoms with Crippen molar-refractivity contribution in [3.8, 4) is 17.2 Å². The highest BCUT2D eigenvalue weighted by Crippen LogP contribution is 2.33. The molecule has 0 bridgehead atoms. The van der Waals surface area contributed by atoms with E-state index in [0.717, 1.165) is 6.07 Å². The molecule has 2 rings (SSSR count). The fourth-order valence-corrected chi connectivity index (χ4v) is 1.45. The van der Waals surface area contributed by atoms with Gasteiger partial charge in [-0.25, -0.2) is 8.78 Å². The molecular formula is C13H11F2NO2. The minimum Gasteiger partial charge on any atom is -0.494 e. The van der Waals surface area contributed by atoms with Gasteiger partial charge >= 0.3 is 0 Å². The van der Waals surface area contributed by atoms with E-state index in [-0.39, 0.29) is 22.9 Å². The van der Waals surface area contributed by atoms with Gasteiger partial charge in [-0.3, -0.25) is 0 Å². The highest BCUT2D eigenvalue weighted by atomic mass is 19.1. The van der Waals surface area contributed by atoms with Crippen molar-refractivity contribution in [1.82, 2.24) is 0 Å². The maximum absolute atomic E-state index is 13.3. The number of benzene rings is 2. The predicted octanol–water partition coefficient (Wildman–Crippen LogP) is 3.35.